The van der Waals surface area contributed by atoms with Crippen LogP contribution in [0.5, 0.6) is 0 Å². The van der Waals surface area contributed by atoms with Gasteiger partial charge in [0, 0.05) is 11.4 Å². The van der Waals surface area contributed by atoms with Gasteiger partial charge in [0.1, 0.15) is 0 Å². The van der Waals surface area contributed by atoms with E-state index in [1.54, 1.807) is 25.1 Å². The lowest BCUT2D eigenvalue weighted by atomic mass is 10.2. The Morgan fingerprint density at radius 1 is 1.24 bits per heavy atom. The largest absolute Gasteiger partial charge is 0.324 e. The molecule has 5 nitrogen and oxygen atoms in total. The Bertz CT molecular complexity index is 435. The van der Waals surface area contributed by atoms with Crippen LogP contribution in [0.2, 0.25) is 5.02 Å². The van der Waals surface area contributed by atoms with E-state index < -0.39 is 0 Å². The van der Waals surface area contributed by atoms with E-state index in [0.29, 0.717) is 22.8 Å². The molecule has 0 heterocycles. The van der Waals surface area contributed by atoms with Gasteiger partial charge in [-0.15, -0.1) is 0 Å². The standard InChI is InChI=1S/C11H14ClN3O2/c1-2-10(16)14-8-4-3-7(12)5-9(8)15-11(17)6-13/h3-5H,2,6,13H2,1H3,(H,14,16)(H,15,17). The van der Waals surface area contributed by atoms with Gasteiger partial charge in [0.15, 0.2) is 0 Å². The van der Waals surface area contributed by atoms with Crippen LogP contribution in [0.3, 0.4) is 0 Å². The molecule has 6 heteroatoms. The van der Waals surface area contributed by atoms with E-state index in [1.165, 1.54) is 0 Å². The van der Waals surface area contributed by atoms with Crippen LogP contribution in [0.1, 0.15) is 13.3 Å². The number of carbonyl (C=O) groups excluding carboxylic acids is 2. The van der Waals surface area contributed by atoms with E-state index in [2.05, 4.69) is 10.6 Å². The average molecular weight is 256 g/mol. The summed E-state index contributed by atoms with van der Waals surface area (Å²) >= 11 is 5.82. The van der Waals surface area contributed by atoms with Crippen LogP contribution in [-0.2, 0) is 9.59 Å². The fourth-order valence-corrected chi connectivity index (χ4v) is 1.34. The molecule has 0 aromatic heterocycles. The van der Waals surface area contributed by atoms with Crippen LogP contribution in [0.15, 0.2) is 18.2 Å². The van der Waals surface area contributed by atoms with Gasteiger partial charge in [0.2, 0.25) is 11.8 Å². The van der Waals surface area contributed by atoms with E-state index in [0.717, 1.165) is 0 Å². The van der Waals surface area contributed by atoms with Crippen molar-refractivity contribution >= 4 is 34.8 Å². The van der Waals surface area contributed by atoms with E-state index in [1.807, 2.05) is 0 Å². The van der Waals surface area contributed by atoms with E-state index in [4.69, 9.17) is 17.3 Å². The second-order valence-corrected chi connectivity index (χ2v) is 3.78. The lowest BCUT2D eigenvalue weighted by Gasteiger charge is -2.11. The summed E-state index contributed by atoms with van der Waals surface area (Å²) in [6.45, 7) is 1.61. The lowest BCUT2D eigenvalue weighted by Crippen LogP contribution is -2.23. The molecular formula is C11H14ClN3O2. The van der Waals surface area contributed by atoms with Crippen molar-refractivity contribution in [3.05, 3.63) is 23.2 Å². The molecule has 4 N–H and O–H groups in total. The molecule has 0 saturated heterocycles. The van der Waals surface area contributed by atoms with Gasteiger partial charge in [0.25, 0.3) is 0 Å². The molecule has 0 bridgehead atoms. The van der Waals surface area contributed by atoms with Gasteiger partial charge in [-0.2, -0.15) is 0 Å². The lowest BCUT2D eigenvalue weighted by molar-refractivity contribution is -0.116. The number of amides is 2. The first-order chi connectivity index (χ1) is 8.06. The number of benzene rings is 1. The van der Waals surface area contributed by atoms with Gasteiger partial charge < -0.3 is 16.4 Å². The predicted molar refractivity (Wildman–Crippen MR) is 68.1 cm³/mol. The molecule has 1 rings (SSSR count). The first-order valence-electron chi connectivity index (χ1n) is 5.16. The van der Waals surface area contributed by atoms with Crippen molar-refractivity contribution in [2.45, 2.75) is 13.3 Å². The van der Waals surface area contributed by atoms with Gasteiger partial charge in [-0.25, -0.2) is 0 Å². The zero-order valence-electron chi connectivity index (χ0n) is 9.42. The highest BCUT2D eigenvalue weighted by molar-refractivity contribution is 6.31. The minimum absolute atomic E-state index is 0.131. The molecule has 0 aliphatic heterocycles. The minimum Gasteiger partial charge on any atom is -0.324 e. The molecule has 0 radical (unpaired) electrons. The fourth-order valence-electron chi connectivity index (χ4n) is 1.17. The first kappa shape index (κ1) is 13.5. The molecule has 0 saturated carbocycles. The van der Waals surface area contributed by atoms with Crippen molar-refractivity contribution in [3.63, 3.8) is 0 Å². The number of carbonyl (C=O) groups is 2. The molecule has 1 aromatic carbocycles. The van der Waals surface area contributed by atoms with Crippen LogP contribution in [0.4, 0.5) is 11.4 Å². The predicted octanol–water partition coefficient (Wildman–Crippen LogP) is 1.59. The molecular weight excluding hydrogens is 242 g/mol. The number of hydrogen-bond donors (Lipinski definition) is 3. The van der Waals surface area contributed by atoms with Crippen molar-refractivity contribution in [2.24, 2.45) is 5.73 Å². The molecule has 0 spiro atoms. The topological polar surface area (TPSA) is 84.2 Å². The monoisotopic (exact) mass is 255 g/mol. The Morgan fingerprint density at radius 2 is 1.88 bits per heavy atom. The molecule has 0 unspecified atom stereocenters. The summed E-state index contributed by atoms with van der Waals surface area (Å²) in [5, 5.41) is 5.70. The number of nitrogens with two attached hydrogens (primary N) is 1. The average Bonchev–Trinajstić information content (AvgIpc) is 2.32. The van der Waals surface area contributed by atoms with Crippen LogP contribution in [0, 0.1) is 0 Å². The zero-order valence-corrected chi connectivity index (χ0v) is 10.2. The number of halogens is 1. The second-order valence-electron chi connectivity index (χ2n) is 3.34. The summed E-state index contributed by atoms with van der Waals surface area (Å²) in [6.07, 6.45) is 0.354. The minimum atomic E-state index is -0.348. The maximum Gasteiger partial charge on any atom is 0.238 e. The smallest absolute Gasteiger partial charge is 0.238 e. The Balaban J connectivity index is 2.95. The maximum absolute atomic E-state index is 11.3. The van der Waals surface area contributed by atoms with Gasteiger partial charge in [-0.05, 0) is 18.2 Å². The SMILES string of the molecule is CCC(=O)Nc1ccc(Cl)cc1NC(=O)CN. The molecule has 0 aliphatic rings. The summed E-state index contributed by atoms with van der Waals surface area (Å²) in [5.74, 6) is -0.491. The summed E-state index contributed by atoms with van der Waals surface area (Å²) in [4.78, 5) is 22.5. The van der Waals surface area contributed by atoms with Gasteiger partial charge >= 0.3 is 0 Å². The molecule has 0 atom stereocenters. The Kier molecular flexibility index (Phi) is 4.93. The Hall–Kier alpha value is -1.59. The normalized spacial score (nSPS) is 9.82. The van der Waals surface area contributed by atoms with Crippen LogP contribution < -0.4 is 16.4 Å². The number of nitrogens with one attached hydrogen (secondary N) is 2. The van der Waals surface area contributed by atoms with Crippen LogP contribution >= 0.6 is 11.6 Å². The highest BCUT2D eigenvalue weighted by Gasteiger charge is 2.08. The third kappa shape index (κ3) is 4.05. The highest BCUT2D eigenvalue weighted by Crippen LogP contribution is 2.25. The van der Waals surface area contributed by atoms with Crippen molar-refractivity contribution in [2.75, 3.05) is 17.2 Å². The highest BCUT2D eigenvalue weighted by atomic mass is 35.5. The summed E-state index contributed by atoms with van der Waals surface area (Å²) in [7, 11) is 0. The van der Waals surface area contributed by atoms with Crippen LogP contribution in [-0.4, -0.2) is 18.4 Å². The zero-order chi connectivity index (χ0) is 12.8. The third-order valence-corrected chi connectivity index (χ3v) is 2.27. The second kappa shape index (κ2) is 6.22. The van der Waals surface area contributed by atoms with Crippen molar-refractivity contribution in [1.82, 2.24) is 0 Å². The Labute approximate surface area is 104 Å². The molecule has 92 valence electrons. The summed E-state index contributed by atoms with van der Waals surface area (Å²) in [5.41, 5.74) is 6.15. The van der Waals surface area contributed by atoms with Gasteiger partial charge in [-0.3, -0.25) is 9.59 Å². The quantitative estimate of drug-likeness (QED) is 0.764. The van der Waals surface area contributed by atoms with Gasteiger partial charge in [0.05, 0.1) is 17.9 Å². The maximum atomic E-state index is 11.3. The van der Waals surface area contributed by atoms with E-state index in [9.17, 15) is 9.59 Å². The fraction of sp³-hybridized carbons (Fsp3) is 0.273. The number of anilines is 2. The molecule has 0 aliphatic carbocycles. The van der Waals surface area contributed by atoms with E-state index in [-0.39, 0.29) is 18.4 Å². The number of rotatable bonds is 4. The number of hydrogen-bond acceptors (Lipinski definition) is 3. The molecule has 17 heavy (non-hydrogen) atoms. The third-order valence-electron chi connectivity index (χ3n) is 2.04. The molecule has 1 aromatic rings. The van der Waals surface area contributed by atoms with Crippen molar-refractivity contribution in [3.8, 4) is 0 Å². The summed E-state index contributed by atoms with van der Waals surface area (Å²) in [6, 6.07) is 4.81. The van der Waals surface area contributed by atoms with Gasteiger partial charge in [-0.1, -0.05) is 18.5 Å². The first-order valence-corrected chi connectivity index (χ1v) is 5.54. The van der Waals surface area contributed by atoms with Crippen molar-refractivity contribution < 1.29 is 9.59 Å². The Morgan fingerprint density at radius 3 is 2.47 bits per heavy atom. The molecule has 0 fully saturated rings. The summed E-state index contributed by atoms with van der Waals surface area (Å²) < 4.78 is 0. The molecule has 2 amide bonds. The van der Waals surface area contributed by atoms with Crippen molar-refractivity contribution in [1.29, 1.82) is 0 Å². The van der Waals surface area contributed by atoms with E-state index >= 15 is 0 Å². The van der Waals surface area contributed by atoms with Crippen LogP contribution in [0.25, 0.3) is 0 Å².